The van der Waals surface area contributed by atoms with Crippen molar-refractivity contribution in [1.29, 1.82) is 0 Å². The molecule has 0 spiro atoms. The van der Waals surface area contributed by atoms with Gasteiger partial charge in [0.25, 0.3) is 0 Å². The number of amides is 1. The highest BCUT2D eigenvalue weighted by atomic mass is 32.2. The number of hydrogen-bond acceptors (Lipinski definition) is 4. The maximum Gasteiger partial charge on any atom is 0.234 e. The van der Waals surface area contributed by atoms with Crippen LogP contribution in [-0.2, 0) is 4.79 Å². The van der Waals surface area contributed by atoms with E-state index in [1.165, 1.54) is 0 Å². The number of methoxy groups -OCH3 is 2. The van der Waals surface area contributed by atoms with Crippen molar-refractivity contribution in [2.75, 3.05) is 31.0 Å². The van der Waals surface area contributed by atoms with Crippen LogP contribution in [0.3, 0.4) is 0 Å². The van der Waals surface area contributed by atoms with Crippen molar-refractivity contribution < 1.29 is 14.3 Å². The molecule has 104 valence electrons. The number of rotatable bonds is 7. The second kappa shape index (κ2) is 8.48. The molecule has 19 heavy (non-hydrogen) atoms. The van der Waals surface area contributed by atoms with Crippen LogP contribution in [0.4, 0.5) is 5.69 Å². The summed E-state index contributed by atoms with van der Waals surface area (Å²) in [4.78, 5) is 11.8. The van der Waals surface area contributed by atoms with E-state index in [4.69, 9.17) is 9.47 Å². The Morgan fingerprint density at radius 1 is 1.37 bits per heavy atom. The molecule has 0 aliphatic carbocycles. The van der Waals surface area contributed by atoms with Crippen molar-refractivity contribution in [2.45, 2.75) is 6.92 Å². The largest absolute Gasteiger partial charge is 0.497 e. The van der Waals surface area contributed by atoms with Crippen molar-refractivity contribution in [2.24, 2.45) is 0 Å². The number of carbonyl (C=O) groups excluding carboxylic acids is 1. The first kappa shape index (κ1) is 15.4. The third-order valence-corrected chi connectivity index (χ3v) is 3.26. The van der Waals surface area contributed by atoms with Gasteiger partial charge in [-0.1, -0.05) is 12.2 Å². The third-order valence-electron chi connectivity index (χ3n) is 2.37. The van der Waals surface area contributed by atoms with E-state index in [1.54, 1.807) is 44.2 Å². The molecule has 4 nitrogen and oxygen atoms in total. The van der Waals surface area contributed by atoms with Crippen LogP contribution in [0.15, 0.2) is 30.4 Å². The molecule has 1 rings (SSSR count). The Hall–Kier alpha value is -1.62. The molecule has 0 saturated heterocycles. The normalized spacial score (nSPS) is 10.5. The van der Waals surface area contributed by atoms with Crippen molar-refractivity contribution in [3.05, 3.63) is 30.4 Å². The molecule has 1 aromatic carbocycles. The van der Waals surface area contributed by atoms with Gasteiger partial charge in [0.1, 0.15) is 11.5 Å². The summed E-state index contributed by atoms with van der Waals surface area (Å²) in [5, 5.41) is 2.83. The quantitative estimate of drug-likeness (QED) is 0.616. The molecule has 0 radical (unpaired) electrons. The smallest absolute Gasteiger partial charge is 0.234 e. The lowest BCUT2D eigenvalue weighted by Crippen LogP contribution is -2.14. The van der Waals surface area contributed by atoms with Crippen molar-refractivity contribution >= 4 is 23.4 Å². The minimum atomic E-state index is -0.0435. The summed E-state index contributed by atoms with van der Waals surface area (Å²) in [5.74, 6) is 2.49. The molecule has 5 heteroatoms. The van der Waals surface area contributed by atoms with Crippen LogP contribution in [0.2, 0.25) is 0 Å². The fourth-order valence-electron chi connectivity index (χ4n) is 1.40. The first-order valence-electron chi connectivity index (χ1n) is 5.92. The van der Waals surface area contributed by atoms with E-state index in [2.05, 4.69) is 5.32 Å². The average molecular weight is 281 g/mol. The summed E-state index contributed by atoms with van der Waals surface area (Å²) in [6, 6.07) is 5.29. The van der Waals surface area contributed by atoms with E-state index >= 15 is 0 Å². The Balaban J connectivity index is 2.58. The maximum atomic E-state index is 11.8. The Morgan fingerprint density at radius 3 is 2.79 bits per heavy atom. The van der Waals surface area contributed by atoms with Gasteiger partial charge >= 0.3 is 0 Å². The van der Waals surface area contributed by atoms with Crippen molar-refractivity contribution in [3.63, 3.8) is 0 Å². The lowest BCUT2D eigenvalue weighted by atomic mass is 10.2. The van der Waals surface area contributed by atoms with E-state index in [0.29, 0.717) is 22.9 Å². The van der Waals surface area contributed by atoms with Gasteiger partial charge in [-0.25, -0.2) is 0 Å². The molecule has 0 heterocycles. The van der Waals surface area contributed by atoms with Crippen molar-refractivity contribution in [1.82, 2.24) is 0 Å². The van der Waals surface area contributed by atoms with Gasteiger partial charge in [-0.2, -0.15) is 0 Å². The molecule has 0 fully saturated rings. The van der Waals surface area contributed by atoms with Gasteiger partial charge < -0.3 is 14.8 Å². The molecule has 1 N–H and O–H groups in total. The second-order valence-corrected chi connectivity index (χ2v) is 4.73. The number of allylic oxidation sites excluding steroid dienone is 1. The SMILES string of the molecule is CC=CCSCC(=O)Nc1ccc(OC)cc1OC. The van der Waals surface area contributed by atoms with Gasteiger partial charge in [-0.15, -0.1) is 11.8 Å². The predicted octanol–water partition coefficient (Wildman–Crippen LogP) is 2.95. The molecule has 0 aliphatic rings. The van der Waals surface area contributed by atoms with Crippen LogP contribution >= 0.6 is 11.8 Å². The third kappa shape index (κ3) is 5.26. The van der Waals surface area contributed by atoms with Gasteiger partial charge in [0.05, 0.1) is 25.7 Å². The van der Waals surface area contributed by atoms with Crippen LogP contribution in [0.1, 0.15) is 6.92 Å². The lowest BCUT2D eigenvalue weighted by Gasteiger charge is -2.11. The number of thioether (sulfide) groups is 1. The van der Waals surface area contributed by atoms with Crippen molar-refractivity contribution in [3.8, 4) is 11.5 Å². The minimum absolute atomic E-state index is 0.0435. The molecule has 0 saturated carbocycles. The van der Waals surface area contributed by atoms with Gasteiger partial charge in [0, 0.05) is 11.8 Å². The molecule has 0 bridgehead atoms. The van der Waals surface area contributed by atoms with Gasteiger partial charge in [-0.05, 0) is 19.1 Å². The first-order chi connectivity index (χ1) is 9.21. The monoisotopic (exact) mass is 281 g/mol. The number of carbonyl (C=O) groups is 1. The summed E-state index contributed by atoms with van der Waals surface area (Å²) in [6.07, 6.45) is 3.99. The Bertz CT molecular complexity index is 446. The zero-order valence-corrected chi connectivity index (χ0v) is 12.3. The van der Waals surface area contributed by atoms with E-state index in [-0.39, 0.29) is 5.91 Å². The molecule has 1 amide bonds. The standard InChI is InChI=1S/C14H19NO3S/c1-4-5-8-19-10-14(16)15-12-7-6-11(17-2)9-13(12)18-3/h4-7,9H,8,10H2,1-3H3,(H,15,16). The predicted molar refractivity (Wildman–Crippen MR) is 80.3 cm³/mol. The lowest BCUT2D eigenvalue weighted by molar-refractivity contribution is -0.113. The van der Waals surface area contributed by atoms with Crippen LogP contribution in [0.5, 0.6) is 11.5 Å². The number of nitrogens with one attached hydrogen (secondary N) is 1. The van der Waals surface area contributed by atoms with Gasteiger partial charge in [0.15, 0.2) is 0 Å². The fraction of sp³-hybridized carbons (Fsp3) is 0.357. The maximum absolute atomic E-state index is 11.8. The Morgan fingerprint density at radius 2 is 2.16 bits per heavy atom. The topological polar surface area (TPSA) is 47.6 Å². The van der Waals surface area contributed by atoms with Crippen LogP contribution in [0, 0.1) is 0 Å². The van der Waals surface area contributed by atoms with Gasteiger partial charge in [-0.3, -0.25) is 4.79 Å². The van der Waals surface area contributed by atoms with E-state index in [1.807, 2.05) is 19.1 Å². The number of anilines is 1. The molecule has 0 atom stereocenters. The summed E-state index contributed by atoms with van der Waals surface area (Å²) in [6.45, 7) is 1.96. The van der Waals surface area contributed by atoms with Gasteiger partial charge in [0.2, 0.25) is 5.91 Å². The molecular formula is C14H19NO3S. The molecule has 0 unspecified atom stereocenters. The number of ether oxygens (including phenoxy) is 2. The van der Waals surface area contributed by atoms with Crippen LogP contribution < -0.4 is 14.8 Å². The summed E-state index contributed by atoms with van der Waals surface area (Å²) < 4.78 is 10.3. The summed E-state index contributed by atoms with van der Waals surface area (Å²) in [5.41, 5.74) is 0.653. The Kier molecular flexibility index (Phi) is 6.89. The van der Waals surface area contributed by atoms with E-state index in [9.17, 15) is 4.79 Å². The van der Waals surface area contributed by atoms with E-state index in [0.717, 1.165) is 5.75 Å². The molecule has 0 aliphatic heterocycles. The summed E-state index contributed by atoms with van der Waals surface area (Å²) in [7, 11) is 3.15. The summed E-state index contributed by atoms with van der Waals surface area (Å²) >= 11 is 1.56. The number of benzene rings is 1. The minimum Gasteiger partial charge on any atom is -0.497 e. The highest BCUT2D eigenvalue weighted by Crippen LogP contribution is 2.29. The Labute approximate surface area is 118 Å². The highest BCUT2D eigenvalue weighted by Gasteiger charge is 2.08. The van der Waals surface area contributed by atoms with Crippen LogP contribution in [0.25, 0.3) is 0 Å². The number of hydrogen-bond donors (Lipinski definition) is 1. The van der Waals surface area contributed by atoms with Crippen LogP contribution in [-0.4, -0.2) is 31.6 Å². The van der Waals surface area contributed by atoms with E-state index < -0.39 is 0 Å². The highest BCUT2D eigenvalue weighted by molar-refractivity contribution is 8.00. The molecular weight excluding hydrogens is 262 g/mol. The second-order valence-electron chi connectivity index (χ2n) is 3.70. The molecule has 0 aromatic heterocycles. The fourth-order valence-corrected chi connectivity index (χ4v) is 2.11. The average Bonchev–Trinajstić information content (AvgIpc) is 2.44. The molecule has 1 aromatic rings. The zero-order chi connectivity index (χ0) is 14.1. The zero-order valence-electron chi connectivity index (χ0n) is 11.4. The first-order valence-corrected chi connectivity index (χ1v) is 7.07.